The van der Waals surface area contributed by atoms with E-state index in [1.165, 1.54) is 21.4 Å². The number of rotatable bonds is 7. The number of aryl methyl sites for hydroxylation is 1. The minimum atomic E-state index is -0.210. The summed E-state index contributed by atoms with van der Waals surface area (Å²) >= 11 is 1.38. The first-order chi connectivity index (χ1) is 13.6. The maximum Gasteiger partial charge on any atom is 0.230 e. The van der Waals surface area contributed by atoms with Gasteiger partial charge in [-0.2, -0.15) is 9.50 Å². The molecule has 0 bridgehead atoms. The Morgan fingerprint density at radius 3 is 2.64 bits per heavy atom. The quantitative estimate of drug-likeness (QED) is 0.497. The second kappa shape index (κ2) is 7.75. The van der Waals surface area contributed by atoms with Crippen molar-refractivity contribution in [3.8, 4) is 17.5 Å². The van der Waals surface area contributed by atoms with Crippen molar-refractivity contribution in [2.45, 2.75) is 19.4 Å². The topological polar surface area (TPSA) is 87.0 Å². The SMILES string of the molecule is CCc1ccc(C(c2sc3nc(-c4ccco4)nn3c2O)N(C)CCO)cc1. The maximum atomic E-state index is 10.9. The molecule has 146 valence electrons. The molecule has 8 heteroatoms. The van der Waals surface area contributed by atoms with Crippen LogP contribution >= 0.6 is 11.3 Å². The van der Waals surface area contributed by atoms with Crippen molar-refractivity contribution in [3.63, 3.8) is 0 Å². The van der Waals surface area contributed by atoms with Gasteiger partial charge in [0.15, 0.2) is 5.76 Å². The Morgan fingerprint density at radius 1 is 1.25 bits per heavy atom. The van der Waals surface area contributed by atoms with Crippen LogP contribution in [-0.2, 0) is 6.42 Å². The molecular formula is C20H22N4O3S. The molecular weight excluding hydrogens is 376 g/mol. The standard InChI is InChI=1S/C20H22N4O3S/c1-3-13-6-8-14(9-7-13)16(23(2)10-11-25)17-19(26)24-20(28-17)21-18(22-24)15-5-4-12-27-15/h4-9,12,16,25-26H,3,10-11H2,1-2H3. The minimum Gasteiger partial charge on any atom is -0.492 e. The second-order valence-corrected chi connectivity index (χ2v) is 7.61. The molecule has 1 unspecified atom stereocenters. The van der Waals surface area contributed by atoms with Crippen LogP contribution in [0.1, 0.15) is 29.0 Å². The largest absolute Gasteiger partial charge is 0.492 e. The summed E-state index contributed by atoms with van der Waals surface area (Å²) in [5.74, 6) is 1.05. The summed E-state index contributed by atoms with van der Waals surface area (Å²) < 4.78 is 6.79. The molecule has 0 fully saturated rings. The number of aromatic nitrogens is 3. The van der Waals surface area contributed by atoms with Crippen molar-refractivity contribution in [3.05, 3.63) is 58.7 Å². The number of hydrogen-bond acceptors (Lipinski definition) is 7. The van der Waals surface area contributed by atoms with Gasteiger partial charge in [0.2, 0.25) is 16.7 Å². The predicted octanol–water partition coefficient (Wildman–Crippen LogP) is 3.33. The van der Waals surface area contributed by atoms with Crippen molar-refractivity contribution >= 4 is 16.3 Å². The third kappa shape index (κ3) is 3.30. The van der Waals surface area contributed by atoms with Crippen LogP contribution in [0.3, 0.4) is 0 Å². The molecule has 0 saturated carbocycles. The highest BCUT2D eigenvalue weighted by molar-refractivity contribution is 7.17. The molecule has 0 aliphatic carbocycles. The molecule has 0 radical (unpaired) electrons. The maximum absolute atomic E-state index is 10.9. The molecule has 1 atom stereocenters. The zero-order valence-corrected chi connectivity index (χ0v) is 16.6. The highest BCUT2D eigenvalue weighted by Crippen LogP contribution is 2.39. The predicted molar refractivity (Wildman–Crippen MR) is 108 cm³/mol. The monoisotopic (exact) mass is 398 g/mol. The minimum absolute atomic E-state index is 0.0320. The normalized spacial score (nSPS) is 12.9. The van der Waals surface area contributed by atoms with Gasteiger partial charge < -0.3 is 14.6 Å². The van der Waals surface area contributed by atoms with Crippen LogP contribution in [0.25, 0.3) is 16.5 Å². The number of aliphatic hydroxyl groups excluding tert-OH is 1. The lowest BCUT2D eigenvalue weighted by Gasteiger charge is -2.27. The smallest absolute Gasteiger partial charge is 0.230 e. The van der Waals surface area contributed by atoms with Crippen molar-refractivity contribution in [1.29, 1.82) is 0 Å². The lowest BCUT2D eigenvalue weighted by atomic mass is 10.0. The zero-order chi connectivity index (χ0) is 19.7. The number of fused-ring (bicyclic) bond motifs is 1. The molecule has 0 amide bonds. The average molecular weight is 398 g/mol. The fourth-order valence-electron chi connectivity index (χ4n) is 3.27. The van der Waals surface area contributed by atoms with Gasteiger partial charge in [0, 0.05) is 6.54 Å². The fraction of sp³-hybridized carbons (Fsp3) is 0.300. The molecule has 0 aliphatic rings. The molecule has 7 nitrogen and oxygen atoms in total. The molecule has 3 heterocycles. The van der Waals surface area contributed by atoms with Crippen LogP contribution in [0.2, 0.25) is 0 Å². The van der Waals surface area contributed by atoms with Crippen LogP contribution in [0.5, 0.6) is 5.88 Å². The lowest BCUT2D eigenvalue weighted by molar-refractivity contribution is 0.196. The summed E-state index contributed by atoms with van der Waals surface area (Å²) in [7, 11) is 1.93. The van der Waals surface area contributed by atoms with Gasteiger partial charge in [0.25, 0.3) is 0 Å². The Kier molecular flexibility index (Phi) is 5.17. The molecule has 4 rings (SSSR count). The Morgan fingerprint density at radius 2 is 2.04 bits per heavy atom. The molecule has 4 aromatic rings. The van der Waals surface area contributed by atoms with E-state index in [0.717, 1.165) is 16.9 Å². The van der Waals surface area contributed by atoms with E-state index in [4.69, 9.17) is 4.42 Å². The van der Waals surface area contributed by atoms with Gasteiger partial charge in [-0.3, -0.25) is 4.90 Å². The van der Waals surface area contributed by atoms with E-state index in [-0.39, 0.29) is 18.5 Å². The molecule has 0 aliphatic heterocycles. The van der Waals surface area contributed by atoms with Gasteiger partial charge in [0.1, 0.15) is 0 Å². The molecule has 0 saturated heterocycles. The molecule has 1 aromatic carbocycles. The first-order valence-corrected chi connectivity index (χ1v) is 9.96. The number of thiazole rings is 1. The third-order valence-electron chi connectivity index (χ3n) is 4.79. The third-order valence-corrected chi connectivity index (χ3v) is 5.86. The number of benzene rings is 1. The van der Waals surface area contributed by atoms with Crippen LogP contribution in [0.4, 0.5) is 0 Å². The Hall–Kier alpha value is -2.68. The van der Waals surface area contributed by atoms with Gasteiger partial charge in [-0.1, -0.05) is 42.5 Å². The van der Waals surface area contributed by atoms with Gasteiger partial charge in [-0.05, 0) is 36.7 Å². The van der Waals surface area contributed by atoms with Crippen molar-refractivity contribution < 1.29 is 14.6 Å². The second-order valence-electron chi connectivity index (χ2n) is 6.60. The molecule has 2 N–H and O–H groups in total. The summed E-state index contributed by atoms with van der Waals surface area (Å²) in [5, 5.41) is 24.7. The number of likely N-dealkylation sites (N-methyl/N-ethyl adjacent to an activating group) is 1. The van der Waals surface area contributed by atoms with E-state index < -0.39 is 0 Å². The first kappa shape index (κ1) is 18.7. The highest BCUT2D eigenvalue weighted by Gasteiger charge is 2.28. The molecule has 0 spiro atoms. The fourth-order valence-corrected chi connectivity index (χ4v) is 4.41. The average Bonchev–Trinajstić information content (AvgIpc) is 3.42. The summed E-state index contributed by atoms with van der Waals surface area (Å²) in [4.78, 5) is 7.83. The Labute approximate surface area is 166 Å². The lowest BCUT2D eigenvalue weighted by Crippen LogP contribution is -2.28. The van der Waals surface area contributed by atoms with Crippen LogP contribution < -0.4 is 0 Å². The summed E-state index contributed by atoms with van der Waals surface area (Å²) in [5.41, 5.74) is 2.29. The van der Waals surface area contributed by atoms with E-state index in [2.05, 4.69) is 41.3 Å². The molecule has 28 heavy (non-hydrogen) atoms. The number of aliphatic hydroxyl groups is 1. The van der Waals surface area contributed by atoms with Gasteiger partial charge in [0.05, 0.1) is 23.8 Å². The van der Waals surface area contributed by atoms with E-state index in [9.17, 15) is 10.2 Å². The van der Waals surface area contributed by atoms with Crippen LogP contribution in [0.15, 0.2) is 47.1 Å². The van der Waals surface area contributed by atoms with Gasteiger partial charge in [-0.15, -0.1) is 5.10 Å². The van der Waals surface area contributed by atoms with Crippen LogP contribution in [0, 0.1) is 0 Å². The van der Waals surface area contributed by atoms with E-state index in [1.807, 2.05) is 11.9 Å². The number of nitrogens with zero attached hydrogens (tertiary/aromatic N) is 4. The van der Waals surface area contributed by atoms with Crippen LogP contribution in [-0.4, -0.2) is 49.9 Å². The van der Waals surface area contributed by atoms with Crippen molar-refractivity contribution in [2.24, 2.45) is 0 Å². The summed E-state index contributed by atoms with van der Waals surface area (Å²) in [6, 6.07) is 11.7. The van der Waals surface area contributed by atoms with Crippen molar-refractivity contribution in [2.75, 3.05) is 20.2 Å². The van der Waals surface area contributed by atoms with E-state index >= 15 is 0 Å². The first-order valence-electron chi connectivity index (χ1n) is 9.14. The van der Waals surface area contributed by atoms with E-state index in [0.29, 0.717) is 23.1 Å². The van der Waals surface area contributed by atoms with Gasteiger partial charge in [-0.25, -0.2) is 0 Å². The van der Waals surface area contributed by atoms with E-state index in [1.54, 1.807) is 18.4 Å². The summed E-state index contributed by atoms with van der Waals surface area (Å²) in [6.07, 6.45) is 2.53. The summed E-state index contributed by atoms with van der Waals surface area (Å²) in [6.45, 7) is 2.63. The number of aromatic hydroxyl groups is 1. The number of furan rings is 1. The zero-order valence-electron chi connectivity index (χ0n) is 15.7. The number of hydrogen-bond donors (Lipinski definition) is 2. The van der Waals surface area contributed by atoms with Gasteiger partial charge >= 0.3 is 0 Å². The Balaban J connectivity index is 1.77. The molecule has 3 aromatic heterocycles. The van der Waals surface area contributed by atoms with Crippen molar-refractivity contribution in [1.82, 2.24) is 19.5 Å². The Bertz CT molecular complexity index is 1050. The highest BCUT2D eigenvalue weighted by atomic mass is 32.1.